The monoisotopic (exact) mass is 523 g/mol. The maximum Gasteiger partial charge on any atom is 0.224 e. The third-order valence-corrected chi connectivity index (χ3v) is 7.04. The van der Waals surface area contributed by atoms with Gasteiger partial charge in [0.1, 0.15) is 23.7 Å². The molecule has 4 heterocycles. The SMILES string of the molecule is COCCn1ncc2c3[nH]c(C)nc4c3c(c(O)nc21)c(=N)n4-c1c(C)ccc(OCc2ccccc2)c1C. The molecule has 3 N–H and O–H groups in total. The minimum Gasteiger partial charge on any atom is -0.493 e. The third kappa shape index (κ3) is 4.00. The number of nitrogens with one attached hydrogen (secondary N) is 2. The molecule has 10 nitrogen and oxygen atoms in total. The Morgan fingerprint density at radius 1 is 1.00 bits per heavy atom. The molecule has 0 fully saturated rings. The van der Waals surface area contributed by atoms with Crippen molar-refractivity contribution in [1.82, 2.24) is 29.3 Å². The second-order valence-corrected chi connectivity index (χ2v) is 9.62. The van der Waals surface area contributed by atoms with Crippen molar-refractivity contribution in [3.63, 3.8) is 0 Å². The molecule has 39 heavy (non-hydrogen) atoms. The van der Waals surface area contributed by atoms with Crippen LogP contribution in [0.3, 0.4) is 0 Å². The molecule has 6 rings (SSSR count). The van der Waals surface area contributed by atoms with Gasteiger partial charge in [0.25, 0.3) is 0 Å². The summed E-state index contributed by atoms with van der Waals surface area (Å²) in [5, 5.41) is 26.6. The van der Waals surface area contributed by atoms with Crippen molar-refractivity contribution in [3.05, 3.63) is 76.7 Å². The number of rotatable bonds is 7. The van der Waals surface area contributed by atoms with Gasteiger partial charge in [-0.2, -0.15) is 10.1 Å². The van der Waals surface area contributed by atoms with Crippen LogP contribution in [0.1, 0.15) is 22.5 Å². The Hall–Kier alpha value is -4.70. The highest BCUT2D eigenvalue weighted by molar-refractivity contribution is 6.16. The summed E-state index contributed by atoms with van der Waals surface area (Å²) in [6.07, 6.45) is 1.72. The van der Waals surface area contributed by atoms with Gasteiger partial charge in [0.15, 0.2) is 11.3 Å². The summed E-state index contributed by atoms with van der Waals surface area (Å²) in [7, 11) is 1.62. The molecule has 0 radical (unpaired) electrons. The molecule has 2 aromatic carbocycles. The van der Waals surface area contributed by atoms with Crippen LogP contribution in [-0.4, -0.2) is 48.1 Å². The average molecular weight is 524 g/mol. The van der Waals surface area contributed by atoms with E-state index in [0.717, 1.165) is 27.8 Å². The average Bonchev–Trinajstić information content (AvgIpc) is 3.41. The number of hydrogen-bond acceptors (Lipinski definition) is 7. The summed E-state index contributed by atoms with van der Waals surface area (Å²) in [5.41, 5.74) is 5.52. The van der Waals surface area contributed by atoms with Gasteiger partial charge in [-0.1, -0.05) is 36.4 Å². The highest BCUT2D eigenvalue weighted by Gasteiger charge is 2.24. The Bertz CT molecular complexity index is 1920. The molecule has 0 amide bonds. The minimum absolute atomic E-state index is 0.0898. The summed E-state index contributed by atoms with van der Waals surface area (Å²) in [5.74, 6) is 1.12. The van der Waals surface area contributed by atoms with Gasteiger partial charge in [0.05, 0.1) is 46.7 Å². The largest absolute Gasteiger partial charge is 0.493 e. The molecule has 198 valence electrons. The lowest BCUT2D eigenvalue weighted by Gasteiger charge is -2.17. The van der Waals surface area contributed by atoms with E-state index in [1.807, 2.05) is 63.2 Å². The van der Waals surface area contributed by atoms with Gasteiger partial charge in [-0.25, -0.2) is 9.67 Å². The highest BCUT2D eigenvalue weighted by Crippen LogP contribution is 2.36. The van der Waals surface area contributed by atoms with Crippen molar-refractivity contribution < 1.29 is 14.6 Å². The van der Waals surface area contributed by atoms with Crippen LogP contribution in [0.15, 0.2) is 48.7 Å². The van der Waals surface area contributed by atoms with Gasteiger partial charge in [-0.05, 0) is 38.0 Å². The summed E-state index contributed by atoms with van der Waals surface area (Å²) in [6.45, 7) is 7.19. The van der Waals surface area contributed by atoms with E-state index >= 15 is 0 Å². The zero-order chi connectivity index (χ0) is 27.3. The first kappa shape index (κ1) is 24.6. The molecule has 0 bridgehead atoms. The fraction of sp³-hybridized carbons (Fsp3) is 0.241. The summed E-state index contributed by atoms with van der Waals surface area (Å²) >= 11 is 0. The molecule has 0 saturated carbocycles. The van der Waals surface area contributed by atoms with Crippen molar-refractivity contribution in [1.29, 1.82) is 5.41 Å². The van der Waals surface area contributed by atoms with Crippen LogP contribution in [0.2, 0.25) is 0 Å². The van der Waals surface area contributed by atoms with Crippen molar-refractivity contribution in [3.8, 4) is 17.3 Å². The number of methoxy groups -OCH3 is 1. The molecule has 0 atom stereocenters. The minimum atomic E-state index is -0.256. The lowest BCUT2D eigenvalue weighted by molar-refractivity contribution is 0.184. The fourth-order valence-electron chi connectivity index (χ4n) is 5.19. The summed E-state index contributed by atoms with van der Waals surface area (Å²) in [6, 6.07) is 13.9. The molecule has 6 aromatic rings. The fourth-order valence-corrected chi connectivity index (χ4v) is 5.19. The van der Waals surface area contributed by atoms with Crippen molar-refractivity contribution >= 4 is 33.0 Å². The quantitative estimate of drug-likeness (QED) is 0.281. The predicted molar refractivity (Wildman–Crippen MR) is 148 cm³/mol. The number of aromatic hydroxyl groups is 1. The number of fused-ring (bicyclic) bond motifs is 2. The van der Waals surface area contributed by atoms with Crippen LogP contribution in [0.25, 0.3) is 38.7 Å². The number of aryl methyl sites for hydroxylation is 2. The predicted octanol–water partition coefficient (Wildman–Crippen LogP) is 4.59. The lowest BCUT2D eigenvalue weighted by atomic mass is 10.1. The Kier molecular flexibility index (Phi) is 6.03. The smallest absolute Gasteiger partial charge is 0.224 e. The Morgan fingerprint density at radius 2 is 1.79 bits per heavy atom. The Morgan fingerprint density at radius 3 is 2.56 bits per heavy atom. The molecule has 10 heteroatoms. The van der Waals surface area contributed by atoms with Crippen LogP contribution in [0.5, 0.6) is 11.6 Å². The number of nitrogens with zero attached hydrogens (tertiary/aromatic N) is 5. The van der Waals surface area contributed by atoms with Gasteiger partial charge in [-0.15, -0.1) is 0 Å². The number of benzene rings is 2. The zero-order valence-corrected chi connectivity index (χ0v) is 22.2. The molecule has 0 saturated heterocycles. The van der Waals surface area contributed by atoms with Gasteiger partial charge in [0, 0.05) is 12.7 Å². The normalized spacial score (nSPS) is 11.7. The Labute approximate surface area is 224 Å². The van der Waals surface area contributed by atoms with Crippen LogP contribution in [0, 0.1) is 26.2 Å². The zero-order valence-electron chi connectivity index (χ0n) is 22.2. The number of aromatic nitrogens is 6. The highest BCUT2D eigenvalue weighted by atomic mass is 16.5. The van der Waals surface area contributed by atoms with Crippen LogP contribution in [0.4, 0.5) is 0 Å². The molecule has 0 unspecified atom stereocenters. The van der Waals surface area contributed by atoms with Gasteiger partial charge in [0.2, 0.25) is 5.88 Å². The standard InChI is InChI=1S/C29H29N7O3/c1-16-10-11-21(39-15-19-8-6-5-7-9-19)17(2)25(16)36-26(30)23-22-24(32-18(3)33-28(22)36)20-14-31-35(12-13-38-4)27(20)34-29(23)37/h5-11,14,30,37H,12-13,15H2,1-4H3,(H,32,33). The van der Waals surface area contributed by atoms with E-state index in [9.17, 15) is 10.5 Å². The van der Waals surface area contributed by atoms with E-state index < -0.39 is 0 Å². The van der Waals surface area contributed by atoms with E-state index in [0.29, 0.717) is 58.9 Å². The number of ether oxygens (including phenoxy) is 2. The van der Waals surface area contributed by atoms with E-state index in [-0.39, 0.29) is 11.4 Å². The molecule has 4 aromatic heterocycles. The second kappa shape index (κ2) is 9.55. The number of hydrogen-bond donors (Lipinski definition) is 3. The van der Waals surface area contributed by atoms with Gasteiger partial charge >= 0.3 is 0 Å². The van der Waals surface area contributed by atoms with Crippen LogP contribution >= 0.6 is 0 Å². The molecule has 0 aliphatic rings. The second-order valence-electron chi connectivity index (χ2n) is 9.62. The summed E-state index contributed by atoms with van der Waals surface area (Å²) in [4.78, 5) is 12.7. The maximum atomic E-state index is 11.3. The molecular formula is C29H29N7O3. The molecule has 0 spiro atoms. The summed E-state index contributed by atoms with van der Waals surface area (Å²) < 4.78 is 14.9. The van der Waals surface area contributed by atoms with Crippen molar-refractivity contribution in [2.45, 2.75) is 33.9 Å². The molecule has 0 aliphatic heterocycles. The van der Waals surface area contributed by atoms with Crippen LogP contribution < -0.4 is 10.2 Å². The molecule has 0 aliphatic carbocycles. The van der Waals surface area contributed by atoms with E-state index in [1.54, 1.807) is 22.6 Å². The third-order valence-electron chi connectivity index (χ3n) is 7.04. The van der Waals surface area contributed by atoms with Crippen molar-refractivity contribution in [2.75, 3.05) is 13.7 Å². The first-order valence-electron chi connectivity index (χ1n) is 12.7. The molecular weight excluding hydrogens is 494 g/mol. The number of H-pyrrole nitrogens is 1. The lowest BCUT2D eigenvalue weighted by Crippen LogP contribution is -2.17. The van der Waals surface area contributed by atoms with E-state index in [1.165, 1.54) is 0 Å². The van der Waals surface area contributed by atoms with Crippen molar-refractivity contribution in [2.24, 2.45) is 0 Å². The first-order chi connectivity index (χ1) is 18.9. The van der Waals surface area contributed by atoms with Gasteiger partial charge in [-0.3, -0.25) is 9.98 Å². The first-order valence-corrected chi connectivity index (χ1v) is 12.7. The number of aromatic amines is 1. The van der Waals surface area contributed by atoms with E-state index in [4.69, 9.17) is 14.5 Å². The Balaban J connectivity index is 1.61. The van der Waals surface area contributed by atoms with E-state index in [2.05, 4.69) is 15.1 Å². The van der Waals surface area contributed by atoms with Gasteiger partial charge < -0.3 is 19.6 Å². The maximum absolute atomic E-state index is 11.3. The topological polar surface area (TPSA) is 127 Å². The van der Waals surface area contributed by atoms with Crippen LogP contribution in [-0.2, 0) is 17.9 Å².